The number of ether oxygens (including phenoxy) is 1. The monoisotopic (exact) mass is 447 g/mol. The van der Waals surface area contributed by atoms with Crippen LogP contribution in [0.5, 0.6) is 0 Å². The second kappa shape index (κ2) is 8.54. The normalized spacial score (nSPS) is 16.7. The molecule has 0 N–H and O–H groups in total. The Labute approximate surface area is 170 Å². The fraction of sp³-hybridized carbons (Fsp3) is 0.300. The fourth-order valence-electron chi connectivity index (χ4n) is 3.09. The lowest BCUT2D eigenvalue weighted by molar-refractivity contribution is 0.0953. The van der Waals surface area contributed by atoms with Gasteiger partial charge in [0.25, 0.3) is 0 Å². The van der Waals surface area contributed by atoms with Crippen molar-refractivity contribution in [1.82, 2.24) is 14.8 Å². The molecule has 1 aliphatic rings. The standard InChI is InChI=1S/C20H19BrFN3OS/c21-16-7-3-14(4-8-16)13-27-20-24-23-19(15-5-9-17(22)10-6-15)25(20)12-18-2-1-11-26-18/h3-10,18H,1-2,11-13H2/t18-/m0/s1. The number of rotatable bonds is 6. The van der Waals surface area contributed by atoms with Crippen LogP contribution >= 0.6 is 27.7 Å². The predicted octanol–water partition coefficient (Wildman–Crippen LogP) is 5.32. The van der Waals surface area contributed by atoms with Gasteiger partial charge in [-0.05, 0) is 54.8 Å². The van der Waals surface area contributed by atoms with Crippen molar-refractivity contribution in [1.29, 1.82) is 0 Å². The van der Waals surface area contributed by atoms with Gasteiger partial charge in [-0.25, -0.2) is 4.39 Å². The number of hydrogen-bond acceptors (Lipinski definition) is 4. The van der Waals surface area contributed by atoms with Crippen LogP contribution < -0.4 is 0 Å². The molecular formula is C20H19BrFN3OS. The summed E-state index contributed by atoms with van der Waals surface area (Å²) in [5.41, 5.74) is 2.08. The molecule has 0 unspecified atom stereocenters. The maximum atomic E-state index is 13.3. The van der Waals surface area contributed by atoms with Gasteiger partial charge in [0.1, 0.15) is 5.82 Å². The summed E-state index contributed by atoms with van der Waals surface area (Å²) in [6.45, 7) is 1.52. The molecule has 0 spiro atoms. The zero-order valence-corrected chi connectivity index (χ0v) is 17.0. The number of benzene rings is 2. The lowest BCUT2D eigenvalue weighted by atomic mass is 10.2. The molecule has 2 heterocycles. The van der Waals surface area contributed by atoms with E-state index in [2.05, 4.69) is 42.8 Å². The van der Waals surface area contributed by atoms with E-state index in [4.69, 9.17) is 4.74 Å². The molecule has 1 aromatic heterocycles. The zero-order chi connectivity index (χ0) is 18.6. The van der Waals surface area contributed by atoms with E-state index in [1.165, 1.54) is 17.7 Å². The Kier molecular flexibility index (Phi) is 5.90. The van der Waals surface area contributed by atoms with E-state index in [1.807, 2.05) is 12.1 Å². The molecule has 1 fully saturated rings. The maximum absolute atomic E-state index is 13.3. The highest BCUT2D eigenvalue weighted by molar-refractivity contribution is 9.10. The van der Waals surface area contributed by atoms with Crippen molar-refractivity contribution in [2.45, 2.75) is 36.4 Å². The van der Waals surface area contributed by atoms with Crippen LogP contribution in [0.15, 0.2) is 58.2 Å². The van der Waals surface area contributed by atoms with E-state index in [0.717, 1.165) is 46.2 Å². The minimum Gasteiger partial charge on any atom is -0.376 e. The van der Waals surface area contributed by atoms with Gasteiger partial charge < -0.3 is 4.74 Å². The summed E-state index contributed by atoms with van der Waals surface area (Å²) in [4.78, 5) is 0. The highest BCUT2D eigenvalue weighted by Crippen LogP contribution is 2.28. The Morgan fingerprint density at radius 3 is 2.59 bits per heavy atom. The Balaban J connectivity index is 1.59. The van der Waals surface area contributed by atoms with E-state index in [0.29, 0.717) is 6.54 Å². The minimum atomic E-state index is -0.256. The molecule has 2 aromatic carbocycles. The predicted molar refractivity (Wildman–Crippen MR) is 108 cm³/mol. The first kappa shape index (κ1) is 18.7. The number of thioether (sulfide) groups is 1. The molecule has 1 saturated heterocycles. The lowest BCUT2D eigenvalue weighted by Gasteiger charge is -2.14. The molecule has 0 bridgehead atoms. The van der Waals surface area contributed by atoms with E-state index in [1.54, 1.807) is 23.9 Å². The minimum absolute atomic E-state index is 0.173. The van der Waals surface area contributed by atoms with Crippen molar-refractivity contribution in [3.05, 3.63) is 64.4 Å². The van der Waals surface area contributed by atoms with Crippen LogP contribution in [0.25, 0.3) is 11.4 Å². The van der Waals surface area contributed by atoms with Crippen molar-refractivity contribution in [3.63, 3.8) is 0 Å². The summed E-state index contributed by atoms with van der Waals surface area (Å²) < 4.78 is 22.3. The van der Waals surface area contributed by atoms with Gasteiger partial charge in [-0.2, -0.15) is 0 Å². The third kappa shape index (κ3) is 4.59. The van der Waals surface area contributed by atoms with E-state index in [9.17, 15) is 4.39 Å². The first-order valence-electron chi connectivity index (χ1n) is 8.87. The molecule has 4 nitrogen and oxygen atoms in total. The largest absolute Gasteiger partial charge is 0.376 e. The third-order valence-corrected chi connectivity index (χ3v) is 6.08. The molecule has 4 rings (SSSR count). The third-order valence-electron chi connectivity index (χ3n) is 4.51. The highest BCUT2D eigenvalue weighted by atomic mass is 79.9. The Bertz CT molecular complexity index is 893. The summed E-state index contributed by atoms with van der Waals surface area (Å²) >= 11 is 5.11. The van der Waals surface area contributed by atoms with Crippen LogP contribution in [0.1, 0.15) is 18.4 Å². The summed E-state index contributed by atoms with van der Waals surface area (Å²) in [7, 11) is 0. The molecular weight excluding hydrogens is 429 g/mol. The van der Waals surface area contributed by atoms with E-state index < -0.39 is 0 Å². The van der Waals surface area contributed by atoms with Gasteiger partial charge in [0.15, 0.2) is 11.0 Å². The number of hydrogen-bond donors (Lipinski definition) is 0. The second-order valence-electron chi connectivity index (χ2n) is 6.47. The van der Waals surface area contributed by atoms with Crippen molar-refractivity contribution in [2.75, 3.05) is 6.61 Å². The van der Waals surface area contributed by atoms with Crippen molar-refractivity contribution >= 4 is 27.7 Å². The average Bonchev–Trinajstić information content (AvgIpc) is 3.33. The second-order valence-corrected chi connectivity index (χ2v) is 8.33. The molecule has 1 atom stereocenters. The van der Waals surface area contributed by atoms with Crippen LogP contribution in [0.3, 0.4) is 0 Å². The zero-order valence-electron chi connectivity index (χ0n) is 14.6. The number of halogens is 2. The molecule has 140 valence electrons. The molecule has 1 aliphatic heterocycles. The fourth-order valence-corrected chi connectivity index (χ4v) is 4.26. The van der Waals surface area contributed by atoms with E-state index >= 15 is 0 Å². The van der Waals surface area contributed by atoms with Gasteiger partial charge in [-0.1, -0.05) is 39.8 Å². The summed E-state index contributed by atoms with van der Waals surface area (Å²) in [5.74, 6) is 1.30. The van der Waals surface area contributed by atoms with Crippen LogP contribution in [-0.2, 0) is 17.0 Å². The number of aromatic nitrogens is 3. The maximum Gasteiger partial charge on any atom is 0.191 e. The smallest absolute Gasteiger partial charge is 0.191 e. The molecule has 0 saturated carbocycles. The quantitative estimate of drug-likeness (QED) is 0.479. The van der Waals surface area contributed by atoms with Gasteiger partial charge in [0.05, 0.1) is 12.6 Å². The first-order valence-corrected chi connectivity index (χ1v) is 10.6. The van der Waals surface area contributed by atoms with Crippen LogP contribution in [0, 0.1) is 5.82 Å². The molecule has 3 aromatic rings. The highest BCUT2D eigenvalue weighted by Gasteiger charge is 2.21. The Morgan fingerprint density at radius 1 is 1.11 bits per heavy atom. The Hall–Kier alpha value is -1.70. The Morgan fingerprint density at radius 2 is 1.89 bits per heavy atom. The van der Waals surface area contributed by atoms with Crippen LogP contribution in [-0.4, -0.2) is 27.5 Å². The molecule has 0 radical (unpaired) electrons. The van der Waals surface area contributed by atoms with Gasteiger partial charge >= 0.3 is 0 Å². The van der Waals surface area contributed by atoms with Crippen molar-refractivity contribution in [3.8, 4) is 11.4 Å². The summed E-state index contributed by atoms with van der Waals surface area (Å²) in [6, 6.07) is 14.7. The van der Waals surface area contributed by atoms with Crippen LogP contribution in [0.4, 0.5) is 4.39 Å². The van der Waals surface area contributed by atoms with Gasteiger partial charge in [0.2, 0.25) is 0 Å². The van der Waals surface area contributed by atoms with E-state index in [-0.39, 0.29) is 11.9 Å². The summed E-state index contributed by atoms with van der Waals surface area (Å²) in [5, 5.41) is 9.65. The molecule has 7 heteroatoms. The number of nitrogens with zero attached hydrogens (tertiary/aromatic N) is 3. The first-order chi connectivity index (χ1) is 13.2. The van der Waals surface area contributed by atoms with Gasteiger partial charge in [-0.3, -0.25) is 4.57 Å². The summed E-state index contributed by atoms with van der Waals surface area (Å²) in [6.07, 6.45) is 2.30. The van der Waals surface area contributed by atoms with Crippen LogP contribution in [0.2, 0.25) is 0 Å². The van der Waals surface area contributed by atoms with Crippen molar-refractivity contribution in [2.24, 2.45) is 0 Å². The molecule has 27 heavy (non-hydrogen) atoms. The molecule has 0 aliphatic carbocycles. The molecule has 0 amide bonds. The SMILES string of the molecule is Fc1ccc(-c2nnc(SCc3ccc(Br)cc3)n2C[C@@H]2CCCO2)cc1. The van der Waals surface area contributed by atoms with Gasteiger partial charge in [0, 0.05) is 22.4 Å². The lowest BCUT2D eigenvalue weighted by Crippen LogP contribution is -2.16. The van der Waals surface area contributed by atoms with Gasteiger partial charge in [-0.15, -0.1) is 10.2 Å². The topological polar surface area (TPSA) is 39.9 Å². The van der Waals surface area contributed by atoms with Crippen molar-refractivity contribution < 1.29 is 9.13 Å². The average molecular weight is 448 g/mol.